The number of alkyl halides is 3. The van der Waals surface area contributed by atoms with Crippen molar-refractivity contribution in [2.24, 2.45) is 0 Å². The summed E-state index contributed by atoms with van der Waals surface area (Å²) in [7, 11) is 1.31. The average molecular weight is 331 g/mol. The van der Waals surface area contributed by atoms with E-state index >= 15 is 0 Å². The maximum absolute atomic E-state index is 12.8. The molecule has 0 aliphatic rings. The van der Waals surface area contributed by atoms with Gasteiger partial charge in [-0.1, -0.05) is 11.6 Å². The predicted octanol–water partition coefficient (Wildman–Crippen LogP) is 4.73. The minimum absolute atomic E-state index is 0.106. The summed E-state index contributed by atoms with van der Waals surface area (Å²) >= 11 is 5.84. The minimum atomic E-state index is -4.52. The van der Waals surface area contributed by atoms with E-state index in [-0.39, 0.29) is 27.5 Å². The van der Waals surface area contributed by atoms with Gasteiger partial charge in [-0.2, -0.15) is 13.2 Å². The third kappa shape index (κ3) is 3.33. The largest absolute Gasteiger partial charge is 0.496 e. The molecule has 0 unspecified atom stereocenters. The molecule has 2 rings (SSSR count). The van der Waals surface area contributed by atoms with Gasteiger partial charge >= 0.3 is 12.1 Å². The zero-order chi connectivity index (χ0) is 16.5. The molecule has 2 aromatic rings. The number of carboxylic acids is 1. The molecule has 0 radical (unpaired) electrons. The second-order valence-electron chi connectivity index (χ2n) is 4.45. The van der Waals surface area contributed by atoms with Crippen LogP contribution in [0, 0.1) is 0 Å². The van der Waals surface area contributed by atoms with Crippen molar-refractivity contribution in [1.82, 2.24) is 0 Å². The molecule has 3 nitrogen and oxygen atoms in total. The second kappa shape index (κ2) is 5.88. The number of carbonyl (C=O) groups is 1. The lowest BCUT2D eigenvalue weighted by atomic mass is 9.99. The zero-order valence-electron chi connectivity index (χ0n) is 11.2. The third-order valence-corrected chi connectivity index (χ3v) is 3.20. The lowest BCUT2D eigenvalue weighted by Gasteiger charge is -2.13. The molecule has 7 heteroatoms. The maximum atomic E-state index is 12.8. The first-order chi connectivity index (χ1) is 10.2. The van der Waals surface area contributed by atoms with Gasteiger partial charge in [0, 0.05) is 10.6 Å². The summed E-state index contributed by atoms with van der Waals surface area (Å²) in [6.45, 7) is 0. The summed E-state index contributed by atoms with van der Waals surface area (Å²) in [6, 6.07) is 6.81. The highest BCUT2D eigenvalue weighted by atomic mass is 35.5. The van der Waals surface area contributed by atoms with Crippen LogP contribution >= 0.6 is 11.6 Å². The zero-order valence-corrected chi connectivity index (χ0v) is 12.0. The molecule has 0 aromatic heterocycles. The Morgan fingerprint density at radius 1 is 1.18 bits per heavy atom. The second-order valence-corrected chi connectivity index (χ2v) is 4.88. The first-order valence-corrected chi connectivity index (χ1v) is 6.39. The first-order valence-electron chi connectivity index (χ1n) is 6.02. The van der Waals surface area contributed by atoms with Crippen LogP contribution in [0.2, 0.25) is 5.02 Å². The molecule has 0 amide bonds. The molecule has 0 atom stereocenters. The van der Waals surface area contributed by atoms with Crippen LogP contribution in [0.4, 0.5) is 13.2 Å². The van der Waals surface area contributed by atoms with Crippen molar-refractivity contribution in [3.63, 3.8) is 0 Å². The van der Waals surface area contributed by atoms with Gasteiger partial charge in [0.1, 0.15) is 5.75 Å². The summed E-state index contributed by atoms with van der Waals surface area (Å²) in [5.41, 5.74) is -0.641. The highest BCUT2D eigenvalue weighted by Gasteiger charge is 2.31. The van der Waals surface area contributed by atoms with Gasteiger partial charge in [0.2, 0.25) is 0 Å². The van der Waals surface area contributed by atoms with Crippen molar-refractivity contribution in [1.29, 1.82) is 0 Å². The highest BCUT2D eigenvalue weighted by molar-refractivity contribution is 6.31. The van der Waals surface area contributed by atoms with Gasteiger partial charge in [-0.3, -0.25) is 0 Å². The van der Waals surface area contributed by atoms with Crippen molar-refractivity contribution in [2.75, 3.05) is 7.11 Å². The molecular formula is C15H10ClF3O3. The van der Waals surface area contributed by atoms with Crippen LogP contribution in [-0.2, 0) is 6.18 Å². The van der Waals surface area contributed by atoms with E-state index in [2.05, 4.69) is 0 Å². The monoisotopic (exact) mass is 330 g/mol. The summed E-state index contributed by atoms with van der Waals surface area (Å²) < 4.78 is 43.6. The highest BCUT2D eigenvalue weighted by Crippen LogP contribution is 2.38. The molecule has 0 bridgehead atoms. The van der Waals surface area contributed by atoms with Gasteiger partial charge in [0.05, 0.1) is 18.2 Å². The minimum Gasteiger partial charge on any atom is -0.496 e. The molecule has 0 spiro atoms. The first kappa shape index (κ1) is 16.2. The van der Waals surface area contributed by atoms with Gasteiger partial charge < -0.3 is 9.84 Å². The Morgan fingerprint density at radius 2 is 1.86 bits per heavy atom. The normalized spacial score (nSPS) is 11.3. The van der Waals surface area contributed by atoms with E-state index < -0.39 is 17.7 Å². The van der Waals surface area contributed by atoms with Crippen molar-refractivity contribution in [3.05, 3.63) is 52.5 Å². The molecule has 2 aromatic carbocycles. The molecule has 0 saturated carbocycles. The van der Waals surface area contributed by atoms with E-state index in [0.717, 1.165) is 12.1 Å². The standard InChI is InChI=1S/C15H10ClF3O3/c1-22-13-3-2-10(15(17,18)19)7-12(13)8-4-9(14(20)21)6-11(16)5-8/h2-7H,1H3,(H,20,21). The van der Waals surface area contributed by atoms with E-state index in [4.69, 9.17) is 21.4 Å². The van der Waals surface area contributed by atoms with Crippen molar-refractivity contribution in [3.8, 4) is 16.9 Å². The maximum Gasteiger partial charge on any atom is 0.416 e. The van der Waals surface area contributed by atoms with E-state index in [1.165, 1.54) is 31.4 Å². The number of carboxylic acid groups (broad SMARTS) is 1. The number of ether oxygens (including phenoxy) is 1. The van der Waals surface area contributed by atoms with Gasteiger partial charge in [-0.15, -0.1) is 0 Å². The van der Waals surface area contributed by atoms with Crippen LogP contribution in [0.5, 0.6) is 5.75 Å². The molecule has 0 aliphatic heterocycles. The topological polar surface area (TPSA) is 46.5 Å². The SMILES string of the molecule is COc1ccc(C(F)(F)F)cc1-c1cc(Cl)cc(C(=O)O)c1. The smallest absolute Gasteiger partial charge is 0.416 e. The summed E-state index contributed by atoms with van der Waals surface area (Å²) in [4.78, 5) is 11.0. The van der Waals surface area contributed by atoms with Gasteiger partial charge in [-0.25, -0.2) is 4.79 Å². The van der Waals surface area contributed by atoms with Gasteiger partial charge in [-0.05, 0) is 42.0 Å². The quantitative estimate of drug-likeness (QED) is 0.884. The number of methoxy groups -OCH3 is 1. The summed E-state index contributed by atoms with van der Waals surface area (Å²) in [6.07, 6.45) is -4.52. The Bertz CT molecular complexity index is 726. The molecule has 116 valence electrons. The van der Waals surface area contributed by atoms with Crippen molar-refractivity contribution < 1.29 is 27.8 Å². The van der Waals surface area contributed by atoms with Crippen LogP contribution in [0.15, 0.2) is 36.4 Å². The van der Waals surface area contributed by atoms with E-state index in [0.29, 0.717) is 0 Å². The molecule has 22 heavy (non-hydrogen) atoms. The van der Waals surface area contributed by atoms with E-state index in [1.54, 1.807) is 0 Å². The fourth-order valence-corrected chi connectivity index (χ4v) is 2.21. The summed E-state index contributed by atoms with van der Waals surface area (Å²) in [5, 5.41) is 9.13. The van der Waals surface area contributed by atoms with Crippen LogP contribution in [0.3, 0.4) is 0 Å². The van der Waals surface area contributed by atoms with Gasteiger partial charge in [0.25, 0.3) is 0 Å². The van der Waals surface area contributed by atoms with Crippen LogP contribution in [0.25, 0.3) is 11.1 Å². The van der Waals surface area contributed by atoms with Crippen molar-refractivity contribution >= 4 is 17.6 Å². The fraction of sp³-hybridized carbons (Fsp3) is 0.133. The number of rotatable bonds is 3. The predicted molar refractivity (Wildman–Crippen MR) is 75.4 cm³/mol. The third-order valence-electron chi connectivity index (χ3n) is 2.98. The Morgan fingerprint density at radius 3 is 2.41 bits per heavy atom. The van der Waals surface area contributed by atoms with E-state index in [9.17, 15) is 18.0 Å². The van der Waals surface area contributed by atoms with Crippen LogP contribution < -0.4 is 4.74 Å². The number of benzene rings is 2. The molecule has 1 N–H and O–H groups in total. The van der Waals surface area contributed by atoms with E-state index in [1.807, 2.05) is 0 Å². The lowest BCUT2D eigenvalue weighted by molar-refractivity contribution is -0.137. The Kier molecular flexibility index (Phi) is 4.32. The molecular weight excluding hydrogens is 321 g/mol. The van der Waals surface area contributed by atoms with Crippen LogP contribution in [-0.4, -0.2) is 18.2 Å². The van der Waals surface area contributed by atoms with Gasteiger partial charge in [0.15, 0.2) is 0 Å². The number of hydrogen-bond donors (Lipinski definition) is 1. The molecule has 0 fully saturated rings. The summed E-state index contributed by atoms with van der Waals surface area (Å²) in [5.74, 6) is -1.04. The number of halogens is 4. The Hall–Kier alpha value is -2.21. The molecule has 0 saturated heterocycles. The number of aromatic carboxylic acids is 1. The molecule has 0 aliphatic carbocycles. The Balaban J connectivity index is 2.67. The fourth-order valence-electron chi connectivity index (χ4n) is 1.98. The Labute approximate surface area is 128 Å². The van der Waals surface area contributed by atoms with Crippen molar-refractivity contribution in [2.45, 2.75) is 6.18 Å². The lowest BCUT2D eigenvalue weighted by Crippen LogP contribution is -2.05. The number of hydrogen-bond acceptors (Lipinski definition) is 2. The molecule has 0 heterocycles. The van der Waals surface area contributed by atoms with Crippen LogP contribution in [0.1, 0.15) is 15.9 Å². The average Bonchev–Trinajstić information content (AvgIpc) is 2.44.